The standard InChI is InChI=1S/C9H9F3INO3S/c10-9(11,12)8(15)5-14-18(16,17)7-3-1-6(13)2-4-7/h1-4,8,14-15H,5H2. The molecule has 0 fully saturated rings. The fourth-order valence-electron chi connectivity index (χ4n) is 1.00. The average Bonchev–Trinajstić information content (AvgIpc) is 2.25. The molecule has 4 nitrogen and oxygen atoms in total. The van der Waals surface area contributed by atoms with E-state index >= 15 is 0 Å². The van der Waals surface area contributed by atoms with Gasteiger partial charge in [0, 0.05) is 10.1 Å². The molecule has 102 valence electrons. The highest BCUT2D eigenvalue weighted by molar-refractivity contribution is 14.1. The predicted octanol–water partition coefficient (Wildman–Crippen LogP) is 1.49. The SMILES string of the molecule is O=S(=O)(NCC(O)C(F)(F)F)c1ccc(I)cc1. The molecule has 1 aromatic carbocycles. The van der Waals surface area contributed by atoms with E-state index < -0.39 is 28.8 Å². The van der Waals surface area contributed by atoms with Crippen molar-refractivity contribution in [2.75, 3.05) is 6.54 Å². The molecule has 9 heteroatoms. The number of aliphatic hydroxyl groups excluding tert-OH is 1. The molecule has 0 aliphatic carbocycles. The largest absolute Gasteiger partial charge is 0.415 e. The van der Waals surface area contributed by atoms with Gasteiger partial charge in [0.2, 0.25) is 10.0 Å². The summed E-state index contributed by atoms with van der Waals surface area (Å²) in [5, 5.41) is 8.69. The molecule has 0 aliphatic heterocycles. The van der Waals surface area contributed by atoms with Crippen molar-refractivity contribution in [1.82, 2.24) is 4.72 Å². The Kier molecular flexibility index (Phi) is 4.98. The van der Waals surface area contributed by atoms with Crippen molar-refractivity contribution in [1.29, 1.82) is 0 Å². The van der Waals surface area contributed by atoms with Crippen LogP contribution in [-0.4, -0.2) is 32.3 Å². The van der Waals surface area contributed by atoms with Crippen LogP contribution in [0.25, 0.3) is 0 Å². The fraction of sp³-hybridized carbons (Fsp3) is 0.333. The van der Waals surface area contributed by atoms with Crippen LogP contribution in [0.4, 0.5) is 13.2 Å². The Bertz CT molecular complexity index is 501. The maximum Gasteiger partial charge on any atom is 0.415 e. The molecule has 1 atom stereocenters. The molecule has 0 radical (unpaired) electrons. The lowest BCUT2D eigenvalue weighted by Crippen LogP contribution is -2.40. The lowest BCUT2D eigenvalue weighted by atomic mass is 10.4. The molecule has 0 aliphatic rings. The highest BCUT2D eigenvalue weighted by Gasteiger charge is 2.38. The van der Waals surface area contributed by atoms with Crippen molar-refractivity contribution in [3.8, 4) is 0 Å². The number of halogens is 4. The molecule has 0 amide bonds. The van der Waals surface area contributed by atoms with Gasteiger partial charge in [0.25, 0.3) is 0 Å². The van der Waals surface area contributed by atoms with Crippen molar-refractivity contribution in [3.05, 3.63) is 27.8 Å². The van der Waals surface area contributed by atoms with Crippen molar-refractivity contribution >= 4 is 32.6 Å². The van der Waals surface area contributed by atoms with Gasteiger partial charge in [-0.1, -0.05) is 0 Å². The maximum atomic E-state index is 12.0. The van der Waals surface area contributed by atoms with Gasteiger partial charge in [-0.05, 0) is 46.9 Å². The zero-order valence-corrected chi connectivity index (χ0v) is 11.8. The van der Waals surface area contributed by atoms with E-state index in [1.807, 2.05) is 22.6 Å². The number of sulfonamides is 1. The number of hydrogen-bond donors (Lipinski definition) is 2. The molecule has 0 saturated carbocycles. The minimum atomic E-state index is -4.85. The number of nitrogens with one attached hydrogen (secondary N) is 1. The number of hydrogen-bond acceptors (Lipinski definition) is 3. The van der Waals surface area contributed by atoms with Gasteiger partial charge < -0.3 is 5.11 Å². The van der Waals surface area contributed by atoms with E-state index in [-0.39, 0.29) is 4.90 Å². The third-order valence-electron chi connectivity index (χ3n) is 1.97. The molecule has 0 heterocycles. The Morgan fingerprint density at radius 2 is 1.78 bits per heavy atom. The van der Waals surface area contributed by atoms with Crippen molar-refractivity contribution < 1.29 is 26.7 Å². The first-order valence-corrected chi connectivity index (χ1v) is 7.19. The Morgan fingerprint density at radius 3 is 2.22 bits per heavy atom. The van der Waals surface area contributed by atoms with Gasteiger partial charge in [-0.3, -0.25) is 0 Å². The fourth-order valence-corrected chi connectivity index (χ4v) is 2.40. The van der Waals surface area contributed by atoms with Crippen LogP contribution >= 0.6 is 22.6 Å². The van der Waals surface area contributed by atoms with Crippen LogP contribution in [-0.2, 0) is 10.0 Å². The number of aliphatic hydroxyl groups is 1. The maximum absolute atomic E-state index is 12.0. The van der Waals surface area contributed by atoms with Crippen molar-refractivity contribution in [2.24, 2.45) is 0 Å². The van der Waals surface area contributed by atoms with E-state index in [0.29, 0.717) is 0 Å². The third-order valence-corrected chi connectivity index (χ3v) is 4.13. The lowest BCUT2D eigenvalue weighted by Gasteiger charge is -2.15. The monoisotopic (exact) mass is 395 g/mol. The topological polar surface area (TPSA) is 66.4 Å². The number of benzene rings is 1. The molecule has 0 bridgehead atoms. The second kappa shape index (κ2) is 5.72. The summed E-state index contributed by atoms with van der Waals surface area (Å²) in [5.41, 5.74) is 0. The van der Waals surface area contributed by atoms with E-state index in [1.54, 1.807) is 4.72 Å². The Balaban J connectivity index is 2.75. The van der Waals surface area contributed by atoms with Crippen LogP contribution < -0.4 is 4.72 Å². The van der Waals surface area contributed by atoms with Crippen LogP contribution in [0.5, 0.6) is 0 Å². The van der Waals surface area contributed by atoms with Crippen molar-refractivity contribution in [3.63, 3.8) is 0 Å². The molecule has 0 aromatic heterocycles. The highest BCUT2D eigenvalue weighted by atomic mass is 127. The van der Waals surface area contributed by atoms with Crippen LogP contribution in [0.2, 0.25) is 0 Å². The summed E-state index contributed by atoms with van der Waals surface area (Å²) in [6.07, 6.45) is -7.58. The van der Waals surface area contributed by atoms with E-state index in [4.69, 9.17) is 5.11 Å². The Labute approximate surface area is 115 Å². The zero-order chi connectivity index (χ0) is 14.0. The second-order valence-corrected chi connectivity index (χ2v) is 6.38. The normalized spacial score (nSPS) is 14.5. The molecule has 1 rings (SSSR count). The summed E-state index contributed by atoms with van der Waals surface area (Å²) in [7, 11) is -4.05. The summed E-state index contributed by atoms with van der Waals surface area (Å²) < 4.78 is 61.6. The van der Waals surface area contributed by atoms with Gasteiger partial charge in [-0.15, -0.1) is 0 Å². The lowest BCUT2D eigenvalue weighted by molar-refractivity contribution is -0.200. The van der Waals surface area contributed by atoms with Gasteiger partial charge >= 0.3 is 6.18 Å². The molecular formula is C9H9F3INO3S. The predicted molar refractivity (Wildman–Crippen MR) is 66.4 cm³/mol. The summed E-state index contributed by atoms with van der Waals surface area (Å²) in [6, 6.07) is 5.55. The first kappa shape index (κ1) is 15.7. The first-order chi connectivity index (χ1) is 8.13. The number of alkyl halides is 3. The third kappa shape index (κ3) is 4.37. The Hall–Kier alpha value is -0.390. The summed E-state index contributed by atoms with van der Waals surface area (Å²) in [4.78, 5) is -0.155. The summed E-state index contributed by atoms with van der Waals surface area (Å²) in [6.45, 7) is -1.11. The van der Waals surface area contributed by atoms with Crippen molar-refractivity contribution in [2.45, 2.75) is 17.2 Å². The number of rotatable bonds is 4. The molecular weight excluding hydrogens is 386 g/mol. The average molecular weight is 395 g/mol. The van der Waals surface area contributed by atoms with Crippen LogP contribution in [0, 0.1) is 3.57 Å². The smallest absolute Gasteiger partial charge is 0.382 e. The van der Waals surface area contributed by atoms with Gasteiger partial charge in [0.05, 0.1) is 4.90 Å². The van der Waals surface area contributed by atoms with E-state index in [9.17, 15) is 21.6 Å². The molecule has 18 heavy (non-hydrogen) atoms. The van der Waals surface area contributed by atoms with E-state index in [0.717, 1.165) is 3.57 Å². The minimum Gasteiger partial charge on any atom is -0.382 e. The molecule has 1 unspecified atom stereocenters. The van der Waals surface area contributed by atoms with Gasteiger partial charge in [-0.2, -0.15) is 13.2 Å². The van der Waals surface area contributed by atoms with Crippen LogP contribution in [0.15, 0.2) is 29.2 Å². The second-order valence-electron chi connectivity index (χ2n) is 3.36. The zero-order valence-electron chi connectivity index (χ0n) is 8.78. The minimum absolute atomic E-state index is 0.155. The summed E-state index contributed by atoms with van der Waals surface area (Å²) in [5.74, 6) is 0. The van der Waals surface area contributed by atoms with Gasteiger partial charge in [0.15, 0.2) is 6.10 Å². The van der Waals surface area contributed by atoms with Crippen LogP contribution in [0.1, 0.15) is 0 Å². The highest BCUT2D eigenvalue weighted by Crippen LogP contribution is 2.20. The first-order valence-electron chi connectivity index (χ1n) is 4.63. The van der Waals surface area contributed by atoms with Gasteiger partial charge in [0.1, 0.15) is 0 Å². The molecule has 0 saturated heterocycles. The molecule has 0 spiro atoms. The van der Waals surface area contributed by atoms with E-state index in [2.05, 4.69) is 0 Å². The molecule has 2 N–H and O–H groups in total. The molecule has 1 aromatic rings. The summed E-state index contributed by atoms with van der Waals surface area (Å²) >= 11 is 1.96. The van der Waals surface area contributed by atoms with Crippen LogP contribution in [0.3, 0.4) is 0 Å². The quantitative estimate of drug-likeness (QED) is 0.760. The Morgan fingerprint density at radius 1 is 1.28 bits per heavy atom. The van der Waals surface area contributed by atoms with Gasteiger partial charge in [-0.25, -0.2) is 13.1 Å². The van der Waals surface area contributed by atoms with E-state index in [1.165, 1.54) is 24.3 Å².